The molecule has 9 heteroatoms. The van der Waals surface area contributed by atoms with Gasteiger partial charge in [0.15, 0.2) is 5.96 Å². The molecule has 1 aliphatic heterocycles. The second kappa shape index (κ2) is 10.8. The maximum absolute atomic E-state index is 11.9. The Morgan fingerprint density at radius 3 is 2.65 bits per heavy atom. The van der Waals surface area contributed by atoms with E-state index >= 15 is 0 Å². The van der Waals surface area contributed by atoms with E-state index in [0.717, 1.165) is 50.8 Å². The van der Waals surface area contributed by atoms with Gasteiger partial charge in [0.2, 0.25) is 5.91 Å². The number of amides is 1. The summed E-state index contributed by atoms with van der Waals surface area (Å²) in [5, 5.41) is 10.5. The molecule has 2 rings (SSSR count). The Morgan fingerprint density at radius 1 is 1.27 bits per heavy atom. The molecule has 0 atom stereocenters. The molecule has 1 aliphatic rings. The number of nitrogens with one attached hydrogen (secondary N) is 2. The number of aryl methyl sites for hydroxylation is 1. The maximum Gasteiger partial charge on any atom is 0.234 e. The number of carbonyl (C=O) groups is 1. The summed E-state index contributed by atoms with van der Waals surface area (Å²) in [6.45, 7) is 8.53. The summed E-state index contributed by atoms with van der Waals surface area (Å²) in [6, 6.07) is 0. The Labute approximate surface area is 155 Å². The molecule has 1 saturated heterocycles. The average Bonchev–Trinajstić information content (AvgIpc) is 3.05. The second-order valence-electron chi connectivity index (χ2n) is 6.36. The standard InChI is InChI=1S/C17H31N7O2/c1-15-12-21-24(13-15)6-4-20-17(18-2)23-9-7-22(8-10-23)14-16(25)19-5-11-26-3/h12-13H,4-11,14H2,1-3H3,(H,18,20)(H,19,25). The first-order valence-corrected chi connectivity index (χ1v) is 9.05. The number of ether oxygens (including phenoxy) is 1. The van der Waals surface area contributed by atoms with E-state index in [4.69, 9.17) is 4.74 Å². The third-order valence-electron chi connectivity index (χ3n) is 4.27. The van der Waals surface area contributed by atoms with E-state index in [1.807, 2.05) is 24.0 Å². The van der Waals surface area contributed by atoms with E-state index in [1.54, 1.807) is 14.2 Å². The van der Waals surface area contributed by atoms with Crippen molar-refractivity contribution in [3.63, 3.8) is 0 Å². The summed E-state index contributed by atoms with van der Waals surface area (Å²) in [5.74, 6) is 0.950. The maximum atomic E-state index is 11.9. The van der Waals surface area contributed by atoms with Crippen LogP contribution >= 0.6 is 0 Å². The summed E-state index contributed by atoms with van der Waals surface area (Å²) in [4.78, 5) is 20.6. The van der Waals surface area contributed by atoms with Crippen molar-refractivity contribution in [2.45, 2.75) is 13.5 Å². The number of hydrogen-bond acceptors (Lipinski definition) is 5. The van der Waals surface area contributed by atoms with E-state index in [2.05, 4.69) is 30.5 Å². The minimum atomic E-state index is 0.0486. The number of aromatic nitrogens is 2. The Hall–Kier alpha value is -2.13. The SMILES string of the molecule is CN=C(NCCn1cc(C)cn1)N1CCN(CC(=O)NCCOC)CC1. The van der Waals surface area contributed by atoms with Crippen LogP contribution in [0, 0.1) is 6.92 Å². The number of hydrogen-bond donors (Lipinski definition) is 2. The number of methoxy groups -OCH3 is 1. The molecule has 9 nitrogen and oxygen atoms in total. The quantitative estimate of drug-likeness (QED) is 0.354. The van der Waals surface area contributed by atoms with Crippen LogP contribution < -0.4 is 10.6 Å². The molecule has 0 radical (unpaired) electrons. The molecule has 26 heavy (non-hydrogen) atoms. The Morgan fingerprint density at radius 2 is 2.04 bits per heavy atom. The van der Waals surface area contributed by atoms with Crippen LogP contribution in [-0.2, 0) is 16.1 Å². The summed E-state index contributed by atoms with van der Waals surface area (Å²) in [7, 11) is 3.43. The van der Waals surface area contributed by atoms with Gasteiger partial charge in [-0.15, -0.1) is 0 Å². The smallest absolute Gasteiger partial charge is 0.234 e. The van der Waals surface area contributed by atoms with Gasteiger partial charge in [-0.1, -0.05) is 0 Å². The molecule has 1 amide bonds. The summed E-state index contributed by atoms with van der Waals surface area (Å²) >= 11 is 0. The van der Waals surface area contributed by atoms with Crippen molar-refractivity contribution in [2.24, 2.45) is 4.99 Å². The van der Waals surface area contributed by atoms with E-state index in [0.29, 0.717) is 19.7 Å². The monoisotopic (exact) mass is 365 g/mol. The van der Waals surface area contributed by atoms with Gasteiger partial charge in [-0.25, -0.2) is 0 Å². The van der Waals surface area contributed by atoms with E-state index in [9.17, 15) is 4.79 Å². The van der Waals surface area contributed by atoms with Crippen LogP contribution in [0.15, 0.2) is 17.4 Å². The molecule has 0 spiro atoms. The lowest BCUT2D eigenvalue weighted by Crippen LogP contribution is -2.54. The highest BCUT2D eigenvalue weighted by Crippen LogP contribution is 2.02. The topological polar surface area (TPSA) is 87.0 Å². The van der Waals surface area contributed by atoms with Gasteiger partial charge in [-0.05, 0) is 12.5 Å². The number of guanidine groups is 1. The molecule has 1 aromatic rings. The molecule has 0 unspecified atom stereocenters. The normalized spacial score (nSPS) is 16.0. The molecule has 2 heterocycles. The van der Waals surface area contributed by atoms with Gasteiger partial charge in [0.1, 0.15) is 0 Å². The van der Waals surface area contributed by atoms with Crippen LogP contribution in [0.3, 0.4) is 0 Å². The molecule has 0 aliphatic carbocycles. The van der Waals surface area contributed by atoms with Crippen molar-refractivity contribution < 1.29 is 9.53 Å². The van der Waals surface area contributed by atoms with Gasteiger partial charge < -0.3 is 20.3 Å². The Bertz CT molecular complexity index is 579. The van der Waals surface area contributed by atoms with Crippen molar-refractivity contribution in [1.29, 1.82) is 0 Å². The van der Waals surface area contributed by atoms with Crippen LogP contribution in [0.2, 0.25) is 0 Å². The highest BCUT2D eigenvalue weighted by Gasteiger charge is 2.20. The van der Waals surface area contributed by atoms with E-state index < -0.39 is 0 Å². The zero-order valence-corrected chi connectivity index (χ0v) is 16.1. The highest BCUT2D eigenvalue weighted by molar-refractivity contribution is 5.80. The first kappa shape index (κ1) is 20.2. The van der Waals surface area contributed by atoms with Crippen LogP contribution in [0.25, 0.3) is 0 Å². The first-order valence-electron chi connectivity index (χ1n) is 9.05. The number of nitrogens with zero attached hydrogens (tertiary/aromatic N) is 5. The molecule has 1 fully saturated rings. The zero-order valence-electron chi connectivity index (χ0n) is 16.1. The number of rotatable bonds is 8. The largest absolute Gasteiger partial charge is 0.383 e. The summed E-state index contributed by atoms with van der Waals surface area (Å²) in [5.41, 5.74) is 1.16. The highest BCUT2D eigenvalue weighted by atomic mass is 16.5. The third-order valence-corrected chi connectivity index (χ3v) is 4.27. The predicted octanol–water partition coefficient (Wildman–Crippen LogP) is -0.853. The predicted molar refractivity (Wildman–Crippen MR) is 101 cm³/mol. The minimum absolute atomic E-state index is 0.0486. The van der Waals surface area contributed by atoms with E-state index in [1.165, 1.54) is 0 Å². The lowest BCUT2D eigenvalue weighted by molar-refractivity contribution is -0.122. The minimum Gasteiger partial charge on any atom is -0.383 e. The lowest BCUT2D eigenvalue weighted by atomic mass is 10.3. The molecular weight excluding hydrogens is 334 g/mol. The van der Waals surface area contributed by atoms with E-state index in [-0.39, 0.29) is 5.91 Å². The average molecular weight is 365 g/mol. The molecular formula is C17H31N7O2. The fraction of sp³-hybridized carbons (Fsp3) is 0.706. The van der Waals surface area contributed by atoms with Gasteiger partial charge in [0, 0.05) is 59.6 Å². The fourth-order valence-corrected chi connectivity index (χ4v) is 2.87. The van der Waals surface area contributed by atoms with Gasteiger partial charge in [-0.3, -0.25) is 19.4 Å². The van der Waals surface area contributed by atoms with Gasteiger partial charge in [0.25, 0.3) is 0 Å². The van der Waals surface area contributed by atoms with Crippen molar-refractivity contribution in [1.82, 2.24) is 30.2 Å². The third kappa shape index (κ3) is 6.64. The Balaban J connectivity index is 1.67. The van der Waals surface area contributed by atoms with Crippen molar-refractivity contribution in [3.8, 4) is 0 Å². The molecule has 0 saturated carbocycles. The van der Waals surface area contributed by atoms with Gasteiger partial charge in [-0.2, -0.15) is 5.10 Å². The summed E-state index contributed by atoms with van der Waals surface area (Å²) < 4.78 is 6.86. The van der Waals surface area contributed by atoms with Crippen LogP contribution in [-0.4, -0.2) is 98.0 Å². The number of aliphatic imine (C=N–C) groups is 1. The van der Waals surface area contributed by atoms with Crippen LogP contribution in [0.5, 0.6) is 0 Å². The summed E-state index contributed by atoms with van der Waals surface area (Å²) in [6.07, 6.45) is 3.89. The van der Waals surface area contributed by atoms with Crippen LogP contribution in [0.1, 0.15) is 5.56 Å². The fourth-order valence-electron chi connectivity index (χ4n) is 2.87. The van der Waals surface area contributed by atoms with Crippen LogP contribution in [0.4, 0.5) is 0 Å². The lowest BCUT2D eigenvalue weighted by Gasteiger charge is -2.36. The Kier molecular flexibility index (Phi) is 8.36. The van der Waals surface area contributed by atoms with Gasteiger partial charge in [0.05, 0.1) is 25.9 Å². The molecule has 0 bridgehead atoms. The number of carbonyl (C=O) groups excluding carboxylic acids is 1. The van der Waals surface area contributed by atoms with Crippen molar-refractivity contribution in [2.75, 3.05) is 66.6 Å². The van der Waals surface area contributed by atoms with Gasteiger partial charge >= 0.3 is 0 Å². The molecule has 2 N–H and O–H groups in total. The molecule has 146 valence electrons. The second-order valence-corrected chi connectivity index (χ2v) is 6.36. The van der Waals surface area contributed by atoms with Crippen molar-refractivity contribution in [3.05, 3.63) is 18.0 Å². The van der Waals surface area contributed by atoms with Crippen molar-refractivity contribution >= 4 is 11.9 Å². The number of piperazine rings is 1. The first-order chi connectivity index (χ1) is 12.6. The molecule has 0 aromatic carbocycles. The molecule has 1 aromatic heterocycles. The zero-order chi connectivity index (χ0) is 18.8.